The minimum Gasteiger partial charge on any atom is -0.385 e. The summed E-state index contributed by atoms with van der Waals surface area (Å²) in [6, 6.07) is 12.1. The van der Waals surface area contributed by atoms with E-state index in [2.05, 4.69) is 36.2 Å². The molecule has 18 heavy (non-hydrogen) atoms. The zero-order chi connectivity index (χ0) is 13.0. The number of thioether (sulfide) groups is 1. The van der Waals surface area contributed by atoms with Crippen molar-refractivity contribution in [3.63, 3.8) is 0 Å². The van der Waals surface area contributed by atoms with Crippen molar-refractivity contribution in [1.29, 1.82) is 0 Å². The van der Waals surface area contributed by atoms with E-state index < -0.39 is 5.60 Å². The Bertz CT molecular complexity index is 494. The van der Waals surface area contributed by atoms with Crippen LogP contribution in [0.1, 0.15) is 18.1 Å². The summed E-state index contributed by atoms with van der Waals surface area (Å²) in [5.74, 6) is 0.613. The maximum atomic E-state index is 10.4. The summed E-state index contributed by atoms with van der Waals surface area (Å²) in [5, 5.41) is 10.4. The molecule has 1 atom stereocenters. The van der Waals surface area contributed by atoms with E-state index in [-0.39, 0.29) is 0 Å². The quantitative estimate of drug-likeness (QED) is 0.854. The van der Waals surface area contributed by atoms with Crippen LogP contribution in [0.4, 0.5) is 0 Å². The maximum absolute atomic E-state index is 10.4. The third-order valence-electron chi connectivity index (χ3n) is 2.82. The molecule has 0 fully saturated rings. The van der Waals surface area contributed by atoms with Gasteiger partial charge in [0, 0.05) is 28.6 Å². The van der Waals surface area contributed by atoms with Crippen molar-refractivity contribution in [1.82, 2.24) is 4.98 Å². The fourth-order valence-corrected chi connectivity index (χ4v) is 2.57. The molecule has 2 nitrogen and oxygen atoms in total. The predicted molar refractivity (Wildman–Crippen MR) is 75.7 cm³/mol. The molecular weight excluding hydrogens is 242 g/mol. The van der Waals surface area contributed by atoms with E-state index in [0.29, 0.717) is 5.75 Å². The number of benzene rings is 1. The molecule has 2 aromatic rings. The predicted octanol–water partition coefficient (Wildman–Crippen LogP) is 3.39. The van der Waals surface area contributed by atoms with E-state index in [1.54, 1.807) is 24.2 Å². The number of aryl methyl sites for hydroxylation is 1. The van der Waals surface area contributed by atoms with Gasteiger partial charge >= 0.3 is 0 Å². The van der Waals surface area contributed by atoms with Crippen LogP contribution in [0.2, 0.25) is 0 Å². The normalized spacial score (nSPS) is 14.2. The van der Waals surface area contributed by atoms with Gasteiger partial charge in [-0.25, -0.2) is 0 Å². The van der Waals surface area contributed by atoms with Crippen LogP contribution in [-0.4, -0.2) is 15.8 Å². The summed E-state index contributed by atoms with van der Waals surface area (Å²) in [6.45, 7) is 3.89. The largest absolute Gasteiger partial charge is 0.385 e. The first-order valence-corrected chi connectivity index (χ1v) is 6.89. The number of nitrogens with zero attached hydrogens (tertiary/aromatic N) is 1. The van der Waals surface area contributed by atoms with Crippen LogP contribution >= 0.6 is 11.8 Å². The van der Waals surface area contributed by atoms with E-state index in [1.165, 1.54) is 10.5 Å². The van der Waals surface area contributed by atoms with Crippen molar-refractivity contribution in [2.24, 2.45) is 0 Å². The molecule has 3 heteroatoms. The second kappa shape index (κ2) is 5.55. The molecule has 0 saturated carbocycles. The summed E-state index contributed by atoms with van der Waals surface area (Å²) in [5.41, 5.74) is 1.24. The second-order valence-corrected chi connectivity index (χ2v) is 5.67. The smallest absolute Gasteiger partial charge is 0.0976 e. The van der Waals surface area contributed by atoms with E-state index in [1.807, 2.05) is 19.1 Å². The minimum absolute atomic E-state index is 0.613. The van der Waals surface area contributed by atoms with Crippen molar-refractivity contribution in [3.05, 3.63) is 59.9 Å². The highest BCUT2D eigenvalue weighted by Gasteiger charge is 2.23. The Kier molecular flexibility index (Phi) is 4.04. The van der Waals surface area contributed by atoms with Gasteiger partial charge in [0.05, 0.1) is 5.60 Å². The van der Waals surface area contributed by atoms with Gasteiger partial charge in [0.25, 0.3) is 0 Å². The lowest BCUT2D eigenvalue weighted by Gasteiger charge is -2.22. The van der Waals surface area contributed by atoms with E-state index >= 15 is 0 Å². The Labute approximate surface area is 112 Å². The van der Waals surface area contributed by atoms with Crippen LogP contribution in [0.25, 0.3) is 0 Å². The number of hydrogen-bond donors (Lipinski definition) is 1. The van der Waals surface area contributed by atoms with Gasteiger partial charge in [-0.2, -0.15) is 0 Å². The summed E-state index contributed by atoms with van der Waals surface area (Å²) in [6.07, 6.45) is 3.43. The first-order chi connectivity index (χ1) is 8.58. The molecule has 1 heterocycles. The van der Waals surface area contributed by atoms with Crippen molar-refractivity contribution in [2.75, 3.05) is 5.75 Å². The zero-order valence-electron chi connectivity index (χ0n) is 10.6. The molecule has 0 aliphatic carbocycles. The van der Waals surface area contributed by atoms with E-state index in [9.17, 15) is 5.11 Å². The SMILES string of the molecule is Cc1ccc(SCC(C)(O)c2cccnc2)cc1. The summed E-state index contributed by atoms with van der Waals surface area (Å²) < 4.78 is 0. The van der Waals surface area contributed by atoms with Gasteiger partial charge in [-0.1, -0.05) is 23.8 Å². The molecule has 94 valence electrons. The fraction of sp³-hybridized carbons (Fsp3) is 0.267. The Morgan fingerprint density at radius 1 is 1.22 bits per heavy atom. The molecule has 0 aliphatic heterocycles. The fourth-order valence-electron chi connectivity index (χ4n) is 1.62. The first kappa shape index (κ1) is 13.1. The molecule has 2 rings (SSSR count). The molecule has 0 aliphatic rings. The van der Waals surface area contributed by atoms with Gasteiger partial charge in [-0.3, -0.25) is 4.98 Å². The number of aromatic nitrogens is 1. The van der Waals surface area contributed by atoms with E-state index in [4.69, 9.17) is 0 Å². The molecule has 0 amide bonds. The van der Waals surface area contributed by atoms with Gasteiger partial charge in [0.15, 0.2) is 0 Å². The number of rotatable bonds is 4. The lowest BCUT2D eigenvalue weighted by molar-refractivity contribution is 0.0836. The molecule has 1 N–H and O–H groups in total. The minimum atomic E-state index is -0.857. The molecule has 1 aromatic heterocycles. The average molecular weight is 259 g/mol. The Morgan fingerprint density at radius 3 is 2.56 bits per heavy atom. The highest BCUT2D eigenvalue weighted by Crippen LogP contribution is 2.29. The molecule has 0 spiro atoms. The molecule has 0 saturated heterocycles. The lowest BCUT2D eigenvalue weighted by atomic mass is 10.0. The van der Waals surface area contributed by atoms with Crippen molar-refractivity contribution >= 4 is 11.8 Å². The third-order valence-corrected chi connectivity index (χ3v) is 4.14. The van der Waals surface area contributed by atoms with Gasteiger partial charge < -0.3 is 5.11 Å². The van der Waals surface area contributed by atoms with Crippen LogP contribution in [0.3, 0.4) is 0 Å². The maximum Gasteiger partial charge on any atom is 0.0976 e. The van der Waals surface area contributed by atoms with Gasteiger partial charge in [-0.15, -0.1) is 11.8 Å². The van der Waals surface area contributed by atoms with Crippen LogP contribution in [-0.2, 0) is 5.60 Å². The summed E-state index contributed by atoms with van der Waals surface area (Å²) in [4.78, 5) is 5.22. The molecule has 1 unspecified atom stereocenters. The molecule has 1 aromatic carbocycles. The molecule has 0 bridgehead atoms. The van der Waals surface area contributed by atoms with Gasteiger partial charge in [-0.05, 0) is 32.0 Å². The van der Waals surface area contributed by atoms with Crippen LogP contribution in [0, 0.1) is 6.92 Å². The third kappa shape index (κ3) is 3.34. The van der Waals surface area contributed by atoms with Crippen molar-refractivity contribution in [3.8, 4) is 0 Å². The summed E-state index contributed by atoms with van der Waals surface area (Å²) in [7, 11) is 0. The Balaban J connectivity index is 2.03. The number of pyridine rings is 1. The van der Waals surface area contributed by atoms with Crippen LogP contribution in [0.15, 0.2) is 53.7 Å². The Morgan fingerprint density at radius 2 is 1.94 bits per heavy atom. The number of hydrogen-bond acceptors (Lipinski definition) is 3. The second-order valence-electron chi connectivity index (χ2n) is 4.62. The molecule has 0 radical (unpaired) electrons. The topological polar surface area (TPSA) is 33.1 Å². The number of aliphatic hydroxyl groups is 1. The zero-order valence-corrected chi connectivity index (χ0v) is 11.4. The highest BCUT2D eigenvalue weighted by molar-refractivity contribution is 7.99. The van der Waals surface area contributed by atoms with Gasteiger partial charge in [0.1, 0.15) is 0 Å². The summed E-state index contributed by atoms with van der Waals surface area (Å²) >= 11 is 1.65. The molecular formula is C15H17NOS. The standard InChI is InChI=1S/C15H17NOS/c1-12-5-7-14(8-6-12)18-11-15(2,17)13-4-3-9-16-10-13/h3-10,17H,11H2,1-2H3. The highest BCUT2D eigenvalue weighted by atomic mass is 32.2. The first-order valence-electron chi connectivity index (χ1n) is 5.90. The Hall–Kier alpha value is -1.32. The van der Waals surface area contributed by atoms with Crippen molar-refractivity contribution in [2.45, 2.75) is 24.3 Å². The van der Waals surface area contributed by atoms with Crippen molar-refractivity contribution < 1.29 is 5.11 Å². The van der Waals surface area contributed by atoms with E-state index in [0.717, 1.165) is 5.56 Å². The monoisotopic (exact) mass is 259 g/mol. The van der Waals surface area contributed by atoms with Gasteiger partial charge in [0.2, 0.25) is 0 Å². The van der Waals surface area contributed by atoms with Crippen LogP contribution in [0.5, 0.6) is 0 Å². The van der Waals surface area contributed by atoms with Crippen LogP contribution < -0.4 is 0 Å². The average Bonchev–Trinajstić information content (AvgIpc) is 2.39. The lowest BCUT2D eigenvalue weighted by Crippen LogP contribution is -2.24.